The number of likely N-dealkylation sites (N-methyl/N-ethyl adjacent to an activating group) is 1. The van der Waals surface area contributed by atoms with Crippen molar-refractivity contribution in [3.05, 3.63) is 47.8 Å². The molecule has 182 valence electrons. The van der Waals surface area contributed by atoms with E-state index in [1.807, 2.05) is 16.8 Å². The third-order valence-corrected chi connectivity index (χ3v) is 5.32. The molecule has 0 aliphatic carbocycles. The third kappa shape index (κ3) is 7.19. The zero-order valence-electron chi connectivity index (χ0n) is 18.1. The van der Waals surface area contributed by atoms with Gasteiger partial charge >= 0.3 is 12.4 Å². The molecule has 0 unspecified atom stereocenters. The lowest BCUT2D eigenvalue weighted by Gasteiger charge is -2.33. The molecule has 0 aromatic carbocycles. The molecule has 33 heavy (non-hydrogen) atoms. The Kier molecular flexibility index (Phi) is 8.01. The number of pyridine rings is 2. The van der Waals surface area contributed by atoms with Gasteiger partial charge in [0.25, 0.3) is 0 Å². The van der Waals surface area contributed by atoms with Crippen molar-refractivity contribution in [2.75, 3.05) is 69.2 Å². The summed E-state index contributed by atoms with van der Waals surface area (Å²) >= 11 is 0. The summed E-state index contributed by atoms with van der Waals surface area (Å²) < 4.78 is 74.8. The second-order valence-electron chi connectivity index (χ2n) is 7.78. The minimum absolute atomic E-state index is 0.399. The topological polar surface area (TPSA) is 47.5 Å². The van der Waals surface area contributed by atoms with Gasteiger partial charge in [0.15, 0.2) is 0 Å². The van der Waals surface area contributed by atoms with E-state index in [9.17, 15) is 26.3 Å². The van der Waals surface area contributed by atoms with Crippen molar-refractivity contribution in [2.24, 2.45) is 0 Å². The predicted molar refractivity (Wildman–Crippen MR) is 113 cm³/mol. The SMILES string of the molecule is CN1CCN(c2cccc(C(F)(F)F)n2)CC1.FC(F)(F)c1cccc(N2CCNCC2)n1. The Balaban J connectivity index is 0.000000186. The molecule has 2 saturated heterocycles. The number of hydrogen-bond donors (Lipinski definition) is 1. The summed E-state index contributed by atoms with van der Waals surface area (Å²) in [6.45, 7) is 6.05. The standard InChI is InChI=1S/C11H14F3N3.C10H12F3N3/c1-16-5-7-17(8-6-16)10-4-2-3-9(15-10)11(12,13)14;11-10(12,13)8-2-1-3-9(15-8)16-6-4-14-5-7-16/h2-4H,5-8H2,1H3;1-3,14H,4-7H2. The number of anilines is 2. The van der Waals surface area contributed by atoms with Gasteiger partial charge in [-0.1, -0.05) is 12.1 Å². The normalized spacial score (nSPS) is 18.0. The van der Waals surface area contributed by atoms with Gasteiger partial charge < -0.3 is 20.0 Å². The van der Waals surface area contributed by atoms with Gasteiger partial charge in [-0.15, -0.1) is 0 Å². The van der Waals surface area contributed by atoms with Crippen LogP contribution in [0.3, 0.4) is 0 Å². The zero-order chi connectivity index (χ0) is 24.1. The summed E-state index contributed by atoms with van der Waals surface area (Å²) in [5.74, 6) is 0.809. The number of nitrogens with one attached hydrogen (secondary N) is 1. The molecule has 2 aromatic heterocycles. The second-order valence-corrected chi connectivity index (χ2v) is 7.78. The van der Waals surface area contributed by atoms with E-state index >= 15 is 0 Å². The van der Waals surface area contributed by atoms with Crippen LogP contribution in [-0.4, -0.2) is 74.3 Å². The summed E-state index contributed by atoms with van der Waals surface area (Å²) in [4.78, 5) is 13.2. The van der Waals surface area contributed by atoms with Crippen molar-refractivity contribution >= 4 is 11.6 Å². The highest BCUT2D eigenvalue weighted by molar-refractivity contribution is 5.41. The quantitative estimate of drug-likeness (QED) is 0.671. The van der Waals surface area contributed by atoms with Crippen molar-refractivity contribution in [2.45, 2.75) is 12.4 Å². The summed E-state index contributed by atoms with van der Waals surface area (Å²) in [5, 5.41) is 3.14. The molecule has 1 N–H and O–H groups in total. The van der Waals surface area contributed by atoms with Gasteiger partial charge in [0, 0.05) is 52.4 Å². The van der Waals surface area contributed by atoms with Crippen LogP contribution in [0.15, 0.2) is 36.4 Å². The van der Waals surface area contributed by atoms with E-state index in [-0.39, 0.29) is 0 Å². The Labute approximate surface area is 188 Å². The van der Waals surface area contributed by atoms with Gasteiger partial charge in [-0.3, -0.25) is 0 Å². The number of alkyl halides is 6. The fourth-order valence-corrected chi connectivity index (χ4v) is 3.44. The molecule has 0 amide bonds. The van der Waals surface area contributed by atoms with Gasteiger partial charge in [0.05, 0.1) is 0 Å². The summed E-state index contributed by atoms with van der Waals surface area (Å²) in [7, 11) is 2.00. The van der Waals surface area contributed by atoms with Crippen LogP contribution in [0.2, 0.25) is 0 Å². The first-order valence-corrected chi connectivity index (χ1v) is 10.5. The van der Waals surface area contributed by atoms with Crippen LogP contribution in [0.1, 0.15) is 11.4 Å². The predicted octanol–water partition coefficient (Wildman–Crippen LogP) is 3.36. The average molecular weight is 476 g/mol. The number of nitrogens with zero attached hydrogens (tertiary/aromatic N) is 5. The third-order valence-electron chi connectivity index (χ3n) is 5.32. The smallest absolute Gasteiger partial charge is 0.354 e. The molecular weight excluding hydrogens is 450 g/mol. The average Bonchev–Trinajstić information content (AvgIpc) is 2.80. The number of halogens is 6. The van der Waals surface area contributed by atoms with E-state index in [4.69, 9.17) is 0 Å². The van der Waals surface area contributed by atoms with Crippen LogP contribution in [-0.2, 0) is 12.4 Å². The maximum Gasteiger partial charge on any atom is 0.433 e. The first-order valence-electron chi connectivity index (χ1n) is 10.5. The minimum Gasteiger partial charge on any atom is -0.354 e. The molecule has 6 nitrogen and oxygen atoms in total. The molecule has 12 heteroatoms. The van der Waals surface area contributed by atoms with E-state index in [0.717, 1.165) is 38.3 Å². The minimum atomic E-state index is -4.37. The van der Waals surface area contributed by atoms with E-state index < -0.39 is 23.7 Å². The molecule has 0 spiro atoms. The van der Waals surface area contributed by atoms with E-state index in [2.05, 4.69) is 20.2 Å². The van der Waals surface area contributed by atoms with Gasteiger partial charge in [0.1, 0.15) is 23.0 Å². The Morgan fingerprint density at radius 2 is 1.09 bits per heavy atom. The van der Waals surface area contributed by atoms with Crippen LogP contribution in [0, 0.1) is 0 Å². The van der Waals surface area contributed by atoms with Crippen molar-refractivity contribution in [3.63, 3.8) is 0 Å². The summed E-state index contributed by atoms with van der Waals surface area (Å²) in [6.07, 6.45) is -8.74. The van der Waals surface area contributed by atoms with E-state index in [1.54, 1.807) is 12.1 Å². The fraction of sp³-hybridized carbons (Fsp3) is 0.524. The first kappa shape index (κ1) is 25.0. The van der Waals surface area contributed by atoms with E-state index in [1.165, 1.54) is 12.1 Å². The van der Waals surface area contributed by atoms with Gasteiger partial charge in [0.2, 0.25) is 0 Å². The maximum atomic E-state index is 12.5. The highest BCUT2D eigenvalue weighted by Crippen LogP contribution is 2.30. The first-order chi connectivity index (χ1) is 15.5. The molecular formula is C21H26F6N6. The zero-order valence-corrected chi connectivity index (χ0v) is 18.1. The Morgan fingerprint density at radius 3 is 1.52 bits per heavy atom. The van der Waals surface area contributed by atoms with Gasteiger partial charge in [-0.05, 0) is 31.3 Å². The second kappa shape index (κ2) is 10.6. The lowest BCUT2D eigenvalue weighted by Crippen LogP contribution is -2.44. The summed E-state index contributed by atoms with van der Waals surface area (Å²) in [5.41, 5.74) is -1.66. The van der Waals surface area contributed by atoms with E-state index in [0.29, 0.717) is 37.8 Å². The number of piperazine rings is 2. The Hall–Kier alpha value is -2.60. The van der Waals surface area contributed by atoms with Crippen LogP contribution >= 0.6 is 0 Å². The maximum absolute atomic E-state index is 12.5. The van der Waals surface area contributed by atoms with Crippen LogP contribution in [0.25, 0.3) is 0 Å². The van der Waals surface area contributed by atoms with Crippen LogP contribution in [0.4, 0.5) is 38.0 Å². The molecule has 2 fully saturated rings. The molecule has 2 aliphatic heterocycles. The van der Waals surface area contributed by atoms with Crippen LogP contribution in [0.5, 0.6) is 0 Å². The molecule has 0 atom stereocenters. The largest absolute Gasteiger partial charge is 0.433 e. The lowest BCUT2D eigenvalue weighted by molar-refractivity contribution is -0.141. The number of aromatic nitrogens is 2. The molecule has 0 radical (unpaired) electrons. The fourth-order valence-electron chi connectivity index (χ4n) is 3.44. The lowest BCUT2D eigenvalue weighted by atomic mass is 10.3. The highest BCUT2D eigenvalue weighted by Gasteiger charge is 2.33. The van der Waals surface area contributed by atoms with Crippen molar-refractivity contribution < 1.29 is 26.3 Å². The molecule has 2 aromatic rings. The molecule has 0 bridgehead atoms. The van der Waals surface area contributed by atoms with Crippen molar-refractivity contribution in [1.82, 2.24) is 20.2 Å². The van der Waals surface area contributed by atoms with Crippen LogP contribution < -0.4 is 15.1 Å². The van der Waals surface area contributed by atoms with Gasteiger partial charge in [-0.25, -0.2) is 9.97 Å². The molecule has 0 saturated carbocycles. The number of rotatable bonds is 2. The summed E-state index contributed by atoms with van der Waals surface area (Å²) in [6, 6.07) is 8.03. The molecule has 4 rings (SSSR count). The van der Waals surface area contributed by atoms with Gasteiger partial charge in [-0.2, -0.15) is 26.3 Å². The highest BCUT2D eigenvalue weighted by atomic mass is 19.4. The molecule has 4 heterocycles. The molecule has 2 aliphatic rings. The Morgan fingerprint density at radius 1 is 0.667 bits per heavy atom. The monoisotopic (exact) mass is 476 g/mol. The number of hydrogen-bond acceptors (Lipinski definition) is 6. The van der Waals surface area contributed by atoms with Crippen molar-refractivity contribution in [3.8, 4) is 0 Å². The van der Waals surface area contributed by atoms with Crippen molar-refractivity contribution in [1.29, 1.82) is 0 Å². The Bertz CT molecular complexity index is 889.